The van der Waals surface area contributed by atoms with Crippen molar-refractivity contribution in [1.29, 1.82) is 0 Å². The van der Waals surface area contributed by atoms with E-state index in [2.05, 4.69) is 4.98 Å². The highest BCUT2D eigenvalue weighted by Gasteiger charge is 2.45. The molecule has 4 aromatic rings. The SMILES string of the molecule is CCOc1ccc(/C(O)=C2/C(=O)C(=O)N(CCc3c[nH]c4ccccc34)C2c2ccc(F)cc2)cc1. The number of halogens is 1. The minimum absolute atomic E-state index is 0.0188. The number of likely N-dealkylation sites (tertiary alicyclic amines) is 1. The number of carbonyl (C=O) groups is 2. The summed E-state index contributed by atoms with van der Waals surface area (Å²) in [5.74, 6) is -1.55. The molecular formula is C29H25FN2O4. The van der Waals surface area contributed by atoms with Crippen molar-refractivity contribution < 1.29 is 23.8 Å². The molecule has 1 atom stereocenters. The van der Waals surface area contributed by atoms with Gasteiger partial charge in [-0.3, -0.25) is 9.59 Å². The van der Waals surface area contributed by atoms with E-state index in [1.165, 1.54) is 29.2 Å². The van der Waals surface area contributed by atoms with Crippen LogP contribution in [0, 0.1) is 5.82 Å². The van der Waals surface area contributed by atoms with E-state index < -0.39 is 23.5 Å². The summed E-state index contributed by atoms with van der Waals surface area (Å²) in [6.07, 6.45) is 2.39. The number of amides is 1. The second kappa shape index (κ2) is 9.70. The lowest BCUT2D eigenvalue weighted by Gasteiger charge is -2.25. The lowest BCUT2D eigenvalue weighted by molar-refractivity contribution is -0.139. The minimum atomic E-state index is -0.845. The van der Waals surface area contributed by atoms with E-state index >= 15 is 0 Å². The van der Waals surface area contributed by atoms with Crippen molar-refractivity contribution >= 4 is 28.4 Å². The Morgan fingerprint density at radius 2 is 1.75 bits per heavy atom. The van der Waals surface area contributed by atoms with Gasteiger partial charge in [0.25, 0.3) is 11.7 Å². The fraction of sp³-hybridized carbons (Fsp3) is 0.172. The van der Waals surface area contributed by atoms with E-state index in [9.17, 15) is 19.1 Å². The number of fused-ring (bicyclic) bond motifs is 1. The summed E-state index contributed by atoms with van der Waals surface area (Å²) in [6, 6.07) is 19.3. The summed E-state index contributed by atoms with van der Waals surface area (Å²) in [7, 11) is 0. The van der Waals surface area contributed by atoms with Crippen LogP contribution in [0.2, 0.25) is 0 Å². The van der Waals surface area contributed by atoms with Crippen molar-refractivity contribution in [3.05, 3.63) is 107 Å². The van der Waals surface area contributed by atoms with Gasteiger partial charge in [-0.05, 0) is 66.9 Å². The number of rotatable bonds is 7. The number of nitrogens with one attached hydrogen (secondary N) is 1. The van der Waals surface area contributed by atoms with Crippen LogP contribution < -0.4 is 4.74 Å². The molecule has 1 aromatic heterocycles. The molecule has 0 bridgehead atoms. The maximum atomic E-state index is 13.7. The summed E-state index contributed by atoms with van der Waals surface area (Å²) in [6.45, 7) is 2.61. The van der Waals surface area contributed by atoms with Crippen molar-refractivity contribution in [1.82, 2.24) is 9.88 Å². The van der Waals surface area contributed by atoms with Gasteiger partial charge in [0, 0.05) is 29.2 Å². The number of aliphatic hydroxyl groups excluding tert-OH is 1. The van der Waals surface area contributed by atoms with Crippen LogP contribution in [0.1, 0.15) is 29.7 Å². The van der Waals surface area contributed by atoms with E-state index in [-0.39, 0.29) is 17.9 Å². The number of hydrogen-bond acceptors (Lipinski definition) is 4. The molecular weight excluding hydrogens is 459 g/mol. The number of hydrogen-bond donors (Lipinski definition) is 2. The molecule has 1 amide bonds. The van der Waals surface area contributed by atoms with Crippen molar-refractivity contribution in [2.75, 3.05) is 13.2 Å². The van der Waals surface area contributed by atoms with Gasteiger partial charge in [0.2, 0.25) is 0 Å². The van der Waals surface area contributed by atoms with Crippen LogP contribution in [0.3, 0.4) is 0 Å². The van der Waals surface area contributed by atoms with Crippen LogP contribution in [-0.2, 0) is 16.0 Å². The second-order valence-electron chi connectivity index (χ2n) is 8.61. The second-order valence-corrected chi connectivity index (χ2v) is 8.61. The average molecular weight is 485 g/mol. The number of aliphatic hydroxyl groups is 1. The largest absolute Gasteiger partial charge is 0.507 e. The molecule has 5 rings (SSSR count). The summed E-state index contributed by atoms with van der Waals surface area (Å²) < 4.78 is 19.2. The third-order valence-electron chi connectivity index (χ3n) is 6.46. The van der Waals surface area contributed by atoms with Gasteiger partial charge in [-0.15, -0.1) is 0 Å². The molecule has 2 N–H and O–H groups in total. The Kier molecular flexibility index (Phi) is 6.29. The predicted octanol–water partition coefficient (Wildman–Crippen LogP) is 5.37. The molecule has 1 saturated heterocycles. The Balaban J connectivity index is 1.54. The first kappa shape index (κ1) is 23.4. The van der Waals surface area contributed by atoms with Crippen molar-refractivity contribution in [2.45, 2.75) is 19.4 Å². The Hall–Kier alpha value is -4.39. The number of aromatic nitrogens is 1. The Morgan fingerprint density at radius 3 is 2.47 bits per heavy atom. The molecule has 1 unspecified atom stereocenters. The highest BCUT2D eigenvalue weighted by Crippen LogP contribution is 2.39. The molecule has 0 radical (unpaired) electrons. The van der Waals surface area contributed by atoms with E-state index in [0.717, 1.165) is 16.5 Å². The maximum absolute atomic E-state index is 13.7. The molecule has 1 aliphatic heterocycles. The average Bonchev–Trinajstić information content (AvgIpc) is 3.42. The zero-order chi connectivity index (χ0) is 25.2. The molecule has 182 valence electrons. The number of para-hydroxylation sites is 1. The number of aromatic amines is 1. The fourth-order valence-corrected chi connectivity index (χ4v) is 4.71. The first-order valence-electron chi connectivity index (χ1n) is 11.8. The standard InChI is InChI=1S/C29H25FN2O4/c1-2-36-22-13-9-19(10-14-22)27(33)25-26(18-7-11-21(30)12-8-18)32(29(35)28(25)34)16-15-20-17-31-24-6-4-3-5-23(20)24/h3-14,17,26,31,33H,2,15-16H2,1H3/b27-25-. The van der Waals surface area contributed by atoms with E-state index in [1.807, 2.05) is 37.4 Å². The number of carbonyl (C=O) groups excluding carboxylic acids is 2. The van der Waals surface area contributed by atoms with E-state index in [1.54, 1.807) is 24.3 Å². The summed E-state index contributed by atoms with van der Waals surface area (Å²) in [5, 5.41) is 12.2. The third-order valence-corrected chi connectivity index (χ3v) is 6.46. The molecule has 0 spiro atoms. The van der Waals surface area contributed by atoms with Crippen molar-refractivity contribution in [3.63, 3.8) is 0 Å². The number of ether oxygens (including phenoxy) is 1. The summed E-state index contributed by atoms with van der Waals surface area (Å²) in [4.78, 5) is 31.1. The van der Waals surface area contributed by atoms with Gasteiger partial charge in [0.05, 0.1) is 18.2 Å². The van der Waals surface area contributed by atoms with Crippen LogP contribution in [0.5, 0.6) is 5.75 Å². The number of nitrogens with zero attached hydrogens (tertiary/aromatic N) is 1. The van der Waals surface area contributed by atoms with Crippen LogP contribution in [0.25, 0.3) is 16.7 Å². The number of benzene rings is 3. The molecule has 2 heterocycles. The van der Waals surface area contributed by atoms with E-state index in [0.29, 0.717) is 29.9 Å². The fourth-order valence-electron chi connectivity index (χ4n) is 4.71. The van der Waals surface area contributed by atoms with Gasteiger partial charge in [0.1, 0.15) is 17.3 Å². The molecule has 7 heteroatoms. The van der Waals surface area contributed by atoms with E-state index in [4.69, 9.17) is 4.74 Å². The lowest BCUT2D eigenvalue weighted by Crippen LogP contribution is -2.31. The predicted molar refractivity (Wildman–Crippen MR) is 135 cm³/mol. The minimum Gasteiger partial charge on any atom is -0.507 e. The normalized spacial score (nSPS) is 17.2. The van der Waals surface area contributed by atoms with Gasteiger partial charge in [-0.25, -0.2) is 4.39 Å². The number of Topliss-reactive ketones (excluding diaryl/α,β-unsaturated/α-hetero) is 1. The highest BCUT2D eigenvalue weighted by atomic mass is 19.1. The quantitative estimate of drug-likeness (QED) is 0.210. The Morgan fingerprint density at radius 1 is 1.03 bits per heavy atom. The van der Waals surface area contributed by atoms with Crippen LogP contribution >= 0.6 is 0 Å². The molecule has 36 heavy (non-hydrogen) atoms. The first-order valence-corrected chi connectivity index (χ1v) is 11.8. The van der Waals surface area contributed by atoms with Gasteiger partial charge in [0.15, 0.2) is 0 Å². The van der Waals surface area contributed by atoms with Gasteiger partial charge < -0.3 is 19.7 Å². The zero-order valence-electron chi connectivity index (χ0n) is 19.7. The smallest absolute Gasteiger partial charge is 0.295 e. The van der Waals surface area contributed by atoms with Crippen LogP contribution in [-0.4, -0.2) is 39.8 Å². The molecule has 1 fully saturated rings. The lowest BCUT2D eigenvalue weighted by atomic mass is 9.95. The number of ketones is 1. The van der Waals surface area contributed by atoms with Gasteiger partial charge in [-0.1, -0.05) is 30.3 Å². The van der Waals surface area contributed by atoms with Crippen molar-refractivity contribution in [3.8, 4) is 5.75 Å². The van der Waals surface area contributed by atoms with Crippen LogP contribution in [0.4, 0.5) is 4.39 Å². The summed E-state index contributed by atoms with van der Waals surface area (Å²) in [5.41, 5.74) is 2.91. The van der Waals surface area contributed by atoms with Gasteiger partial charge >= 0.3 is 0 Å². The zero-order valence-corrected chi connectivity index (χ0v) is 19.7. The molecule has 0 aliphatic carbocycles. The van der Waals surface area contributed by atoms with Crippen molar-refractivity contribution in [2.24, 2.45) is 0 Å². The highest BCUT2D eigenvalue weighted by molar-refractivity contribution is 6.46. The Bertz CT molecular complexity index is 1450. The summed E-state index contributed by atoms with van der Waals surface area (Å²) >= 11 is 0. The Labute approximate surface area is 207 Å². The van der Waals surface area contributed by atoms with Gasteiger partial charge in [-0.2, -0.15) is 0 Å². The molecule has 6 nitrogen and oxygen atoms in total. The maximum Gasteiger partial charge on any atom is 0.295 e. The number of H-pyrrole nitrogens is 1. The molecule has 0 saturated carbocycles. The monoisotopic (exact) mass is 484 g/mol. The molecule has 1 aliphatic rings. The third kappa shape index (κ3) is 4.24. The molecule has 3 aromatic carbocycles. The topological polar surface area (TPSA) is 82.6 Å². The first-order chi connectivity index (χ1) is 17.5. The van der Waals surface area contributed by atoms with Crippen LogP contribution in [0.15, 0.2) is 84.6 Å².